The molecule has 1 N–H and O–H groups in total. The van der Waals surface area contributed by atoms with Crippen molar-refractivity contribution in [3.63, 3.8) is 0 Å². The quantitative estimate of drug-likeness (QED) is 0.582. The third-order valence-electron chi connectivity index (χ3n) is 5.24. The van der Waals surface area contributed by atoms with Crippen molar-refractivity contribution in [3.8, 4) is 11.5 Å². The van der Waals surface area contributed by atoms with Gasteiger partial charge in [-0.1, -0.05) is 35.6 Å². The average molecular weight is 469 g/mol. The number of hydrogen-bond acceptors (Lipinski definition) is 7. The van der Waals surface area contributed by atoms with E-state index in [0.29, 0.717) is 26.2 Å². The van der Waals surface area contributed by atoms with Crippen molar-refractivity contribution in [1.82, 2.24) is 4.57 Å². The van der Waals surface area contributed by atoms with Gasteiger partial charge in [-0.05, 0) is 43.7 Å². The first-order chi connectivity index (χ1) is 15.8. The Kier molecular flexibility index (Phi) is 6.15. The third-order valence-corrected chi connectivity index (χ3v) is 6.22. The molecule has 0 bridgehead atoms. The fourth-order valence-electron chi connectivity index (χ4n) is 3.71. The summed E-state index contributed by atoms with van der Waals surface area (Å²) in [5.74, 6) is -0.837. The van der Waals surface area contributed by atoms with Crippen LogP contribution in [0.1, 0.15) is 31.0 Å². The molecule has 33 heavy (non-hydrogen) atoms. The molecule has 170 valence electrons. The summed E-state index contributed by atoms with van der Waals surface area (Å²) in [4.78, 5) is 31.2. The second-order valence-corrected chi connectivity index (χ2v) is 8.26. The number of nitrogens with zero attached hydrogens (tertiary/aromatic N) is 2. The predicted octanol–water partition coefficient (Wildman–Crippen LogP) is 2.65. The van der Waals surface area contributed by atoms with Crippen LogP contribution < -0.4 is 19.6 Å². The minimum Gasteiger partial charge on any atom is -0.504 e. The van der Waals surface area contributed by atoms with Gasteiger partial charge in [0, 0.05) is 5.56 Å². The van der Waals surface area contributed by atoms with Gasteiger partial charge in [0.05, 0.1) is 35.6 Å². The van der Waals surface area contributed by atoms with E-state index < -0.39 is 23.4 Å². The summed E-state index contributed by atoms with van der Waals surface area (Å²) in [5.41, 5.74) is 1.18. The van der Waals surface area contributed by atoms with Crippen LogP contribution in [-0.4, -0.2) is 29.4 Å². The summed E-state index contributed by atoms with van der Waals surface area (Å²) in [7, 11) is 1.44. The van der Waals surface area contributed by atoms with Crippen LogP contribution >= 0.6 is 11.3 Å². The van der Waals surface area contributed by atoms with Gasteiger partial charge in [-0.15, -0.1) is 0 Å². The molecule has 0 aliphatic carbocycles. The molecule has 0 amide bonds. The van der Waals surface area contributed by atoms with Crippen LogP contribution in [0.25, 0.3) is 6.08 Å². The van der Waals surface area contributed by atoms with Crippen molar-refractivity contribution in [1.29, 1.82) is 0 Å². The lowest BCUT2D eigenvalue weighted by molar-refractivity contribution is -0.139. The molecule has 0 fully saturated rings. The molecule has 0 radical (unpaired) electrons. The molecule has 3 aromatic rings. The summed E-state index contributed by atoms with van der Waals surface area (Å²) < 4.78 is 25.7. The molecular weight excluding hydrogens is 447 g/mol. The standard InChI is InChI=1S/C24H21FN2O5S/c1-4-32-23(30)19-13(2)26-24-27(20(19)14-8-10-16(25)11-9-14)22(29)18(33-24)12-15-6-5-7-17(31-3)21(15)28/h5-12,20,28H,4H2,1-3H3/b18-12-/t20-/m1/s1. The van der Waals surface area contributed by atoms with Crippen LogP contribution in [-0.2, 0) is 9.53 Å². The number of hydrogen-bond donors (Lipinski definition) is 1. The second kappa shape index (κ2) is 9.03. The summed E-state index contributed by atoms with van der Waals surface area (Å²) in [6, 6.07) is 9.75. The van der Waals surface area contributed by atoms with Crippen LogP contribution in [0.2, 0.25) is 0 Å². The third kappa shape index (κ3) is 4.07. The monoisotopic (exact) mass is 468 g/mol. The summed E-state index contributed by atoms with van der Waals surface area (Å²) in [5, 5.41) is 10.4. The molecule has 4 rings (SSSR count). The lowest BCUT2D eigenvalue weighted by Gasteiger charge is -2.24. The molecular formula is C24H21FN2O5S. The number of para-hydroxylation sites is 1. The molecule has 0 spiro atoms. The number of carbonyl (C=O) groups excluding carboxylic acids is 1. The number of esters is 1. The lowest BCUT2D eigenvalue weighted by atomic mass is 9.96. The molecule has 1 aromatic heterocycles. The fourth-order valence-corrected chi connectivity index (χ4v) is 4.75. The molecule has 0 saturated carbocycles. The van der Waals surface area contributed by atoms with Gasteiger partial charge in [0.25, 0.3) is 5.56 Å². The summed E-state index contributed by atoms with van der Waals surface area (Å²) in [6.45, 7) is 3.52. The van der Waals surface area contributed by atoms with Gasteiger partial charge in [-0.3, -0.25) is 9.36 Å². The van der Waals surface area contributed by atoms with Gasteiger partial charge >= 0.3 is 5.97 Å². The van der Waals surface area contributed by atoms with Crippen molar-refractivity contribution in [2.24, 2.45) is 4.99 Å². The summed E-state index contributed by atoms with van der Waals surface area (Å²) in [6.07, 6.45) is 1.55. The maximum atomic E-state index is 13.6. The van der Waals surface area contributed by atoms with Crippen LogP contribution in [0.4, 0.5) is 4.39 Å². The molecule has 1 aliphatic heterocycles. The zero-order valence-electron chi connectivity index (χ0n) is 18.2. The van der Waals surface area contributed by atoms with E-state index in [1.165, 1.54) is 35.9 Å². The number of rotatable bonds is 5. The maximum Gasteiger partial charge on any atom is 0.338 e. The highest BCUT2D eigenvalue weighted by atomic mass is 32.1. The van der Waals surface area contributed by atoms with E-state index in [9.17, 15) is 19.1 Å². The number of methoxy groups -OCH3 is 1. The molecule has 0 unspecified atom stereocenters. The lowest BCUT2D eigenvalue weighted by Crippen LogP contribution is -2.39. The first kappa shape index (κ1) is 22.5. The molecule has 0 saturated heterocycles. The Hall–Kier alpha value is -3.72. The van der Waals surface area contributed by atoms with E-state index in [-0.39, 0.29) is 23.7 Å². The molecule has 9 heteroatoms. The Morgan fingerprint density at radius 2 is 2.00 bits per heavy atom. The number of benzene rings is 2. The highest BCUT2D eigenvalue weighted by molar-refractivity contribution is 7.07. The van der Waals surface area contributed by atoms with Gasteiger partial charge in [0.1, 0.15) is 5.82 Å². The number of phenols is 1. The number of aromatic nitrogens is 1. The molecule has 1 aliphatic rings. The van der Waals surface area contributed by atoms with Crippen LogP contribution in [0.15, 0.2) is 63.5 Å². The van der Waals surface area contributed by atoms with Crippen LogP contribution in [0, 0.1) is 5.82 Å². The Balaban J connectivity index is 1.96. The number of allylic oxidation sites excluding steroid dienone is 1. The van der Waals surface area contributed by atoms with Crippen molar-refractivity contribution in [2.75, 3.05) is 13.7 Å². The maximum absolute atomic E-state index is 13.6. The number of fused-ring (bicyclic) bond motifs is 1. The Labute approximate surface area is 192 Å². The van der Waals surface area contributed by atoms with E-state index in [0.717, 1.165) is 11.3 Å². The Morgan fingerprint density at radius 3 is 2.67 bits per heavy atom. The minimum atomic E-state index is -0.832. The van der Waals surface area contributed by atoms with Gasteiger partial charge in [-0.2, -0.15) is 0 Å². The molecule has 1 atom stereocenters. The number of ether oxygens (including phenoxy) is 2. The second-order valence-electron chi connectivity index (χ2n) is 7.25. The van der Waals surface area contributed by atoms with Gasteiger partial charge in [0.15, 0.2) is 16.3 Å². The molecule has 2 heterocycles. The average Bonchev–Trinajstić information content (AvgIpc) is 3.09. The Morgan fingerprint density at radius 1 is 1.27 bits per heavy atom. The number of halogens is 1. The predicted molar refractivity (Wildman–Crippen MR) is 121 cm³/mol. The normalized spacial score (nSPS) is 15.8. The SMILES string of the molecule is CCOC(=O)C1=C(C)N=c2s/c(=C\c3cccc(OC)c3O)c(=O)n2[C@@H]1c1ccc(F)cc1. The first-order valence-electron chi connectivity index (χ1n) is 10.2. The number of carbonyl (C=O) groups is 1. The zero-order chi connectivity index (χ0) is 23.7. The molecule has 2 aromatic carbocycles. The highest BCUT2D eigenvalue weighted by Gasteiger charge is 2.33. The smallest absolute Gasteiger partial charge is 0.338 e. The topological polar surface area (TPSA) is 90.1 Å². The van der Waals surface area contributed by atoms with Gasteiger partial charge in [0.2, 0.25) is 0 Å². The fraction of sp³-hybridized carbons (Fsp3) is 0.208. The summed E-state index contributed by atoms with van der Waals surface area (Å²) >= 11 is 1.13. The van der Waals surface area contributed by atoms with E-state index >= 15 is 0 Å². The highest BCUT2D eigenvalue weighted by Crippen LogP contribution is 2.31. The van der Waals surface area contributed by atoms with Crippen molar-refractivity contribution < 1.29 is 23.8 Å². The van der Waals surface area contributed by atoms with Crippen molar-refractivity contribution in [3.05, 3.63) is 90.4 Å². The molecule has 7 nitrogen and oxygen atoms in total. The zero-order valence-corrected chi connectivity index (χ0v) is 19.0. The minimum absolute atomic E-state index is 0.0932. The van der Waals surface area contributed by atoms with Gasteiger partial charge in [-0.25, -0.2) is 14.2 Å². The van der Waals surface area contributed by atoms with Crippen LogP contribution in [0.5, 0.6) is 11.5 Å². The first-order valence-corrected chi connectivity index (χ1v) is 11.0. The van der Waals surface area contributed by atoms with E-state index in [4.69, 9.17) is 9.47 Å². The number of phenolic OH excluding ortho intramolecular Hbond substituents is 1. The Bertz CT molecular complexity index is 1440. The van der Waals surface area contributed by atoms with Gasteiger partial charge < -0.3 is 14.6 Å². The van der Waals surface area contributed by atoms with Crippen LogP contribution in [0.3, 0.4) is 0 Å². The van der Waals surface area contributed by atoms with E-state index in [1.807, 2.05) is 0 Å². The van der Waals surface area contributed by atoms with E-state index in [1.54, 1.807) is 38.1 Å². The number of aromatic hydroxyl groups is 1. The van der Waals surface area contributed by atoms with Crippen molar-refractivity contribution in [2.45, 2.75) is 19.9 Å². The van der Waals surface area contributed by atoms with E-state index in [2.05, 4.69) is 4.99 Å². The number of thiazole rings is 1. The largest absolute Gasteiger partial charge is 0.504 e. The van der Waals surface area contributed by atoms with Crippen molar-refractivity contribution >= 4 is 23.4 Å².